The van der Waals surface area contributed by atoms with Gasteiger partial charge in [0.05, 0.1) is 6.21 Å². The molecule has 0 aliphatic carbocycles. The Labute approximate surface area is 65.6 Å². The lowest BCUT2D eigenvalue weighted by atomic mass is 10.1. The third-order valence-corrected chi connectivity index (χ3v) is 1.33. The molecule has 0 radical (unpaired) electrons. The molecule has 0 saturated carbocycles. The van der Waals surface area contributed by atoms with Crippen LogP contribution in [0.2, 0.25) is 0 Å². The van der Waals surface area contributed by atoms with E-state index in [2.05, 4.69) is 6.58 Å². The van der Waals surface area contributed by atoms with Gasteiger partial charge >= 0.3 is 0 Å². The summed E-state index contributed by atoms with van der Waals surface area (Å²) in [5.41, 5.74) is 0.445. The molecule has 0 rings (SSSR count). The van der Waals surface area contributed by atoms with Crippen LogP contribution >= 0.6 is 0 Å². The fourth-order valence-electron chi connectivity index (χ4n) is 0.522. The number of allylic oxidation sites excluding steroid dienone is 1. The lowest BCUT2D eigenvalue weighted by Gasteiger charge is -1.96. The first kappa shape index (κ1) is 9.75. The Morgan fingerprint density at radius 2 is 2.00 bits per heavy atom. The molecule has 0 aliphatic heterocycles. The van der Waals surface area contributed by atoms with Crippen molar-refractivity contribution >= 4 is 17.8 Å². The van der Waals surface area contributed by atoms with E-state index < -0.39 is 0 Å². The summed E-state index contributed by atoms with van der Waals surface area (Å²) in [6.45, 7) is 4.90. The molecule has 0 bridgehead atoms. The fourth-order valence-corrected chi connectivity index (χ4v) is 0.522. The zero-order chi connectivity index (χ0) is 8.85. The summed E-state index contributed by atoms with van der Waals surface area (Å²) in [4.78, 5) is 21.1. The zero-order valence-electron chi connectivity index (χ0n) is 6.52. The van der Waals surface area contributed by atoms with Crippen molar-refractivity contribution in [1.82, 2.24) is 0 Å². The molecule has 0 spiro atoms. The van der Waals surface area contributed by atoms with Crippen LogP contribution < -0.4 is 0 Å². The van der Waals surface area contributed by atoms with Gasteiger partial charge in [0.1, 0.15) is 0 Å². The second-order valence-corrected chi connectivity index (χ2v) is 2.27. The predicted octanol–water partition coefficient (Wildman–Crippen LogP) is 1.13. The van der Waals surface area contributed by atoms with E-state index in [1.165, 1.54) is 6.92 Å². The number of rotatable bonds is 5. The van der Waals surface area contributed by atoms with Gasteiger partial charge in [-0.05, 0) is 18.9 Å². The van der Waals surface area contributed by atoms with Crippen molar-refractivity contribution < 1.29 is 9.59 Å². The third kappa shape index (κ3) is 4.19. The lowest BCUT2D eigenvalue weighted by molar-refractivity contribution is -0.113. The average molecular weight is 153 g/mol. The second-order valence-electron chi connectivity index (χ2n) is 2.27. The molecule has 0 aromatic rings. The summed E-state index contributed by atoms with van der Waals surface area (Å²) in [5, 5.41) is 6.57. The zero-order valence-corrected chi connectivity index (χ0v) is 6.52. The first-order chi connectivity index (χ1) is 5.07. The molecular weight excluding hydrogens is 142 g/mol. The second kappa shape index (κ2) is 4.55. The van der Waals surface area contributed by atoms with Crippen LogP contribution in [0.15, 0.2) is 12.2 Å². The van der Waals surface area contributed by atoms with Gasteiger partial charge in [0, 0.05) is 6.42 Å². The highest BCUT2D eigenvalue weighted by Gasteiger charge is 2.02. The molecule has 60 valence electrons. The molecule has 0 amide bonds. The Kier molecular flexibility index (Phi) is 4.03. The molecule has 0 aliphatic rings. The van der Waals surface area contributed by atoms with Crippen LogP contribution in [-0.2, 0) is 9.59 Å². The Morgan fingerprint density at radius 3 is 2.36 bits per heavy atom. The van der Waals surface area contributed by atoms with Gasteiger partial charge in [-0.15, -0.1) is 0 Å². The number of hydrogen-bond donors (Lipinski definition) is 1. The van der Waals surface area contributed by atoms with Crippen LogP contribution in [0.4, 0.5) is 0 Å². The van der Waals surface area contributed by atoms with E-state index >= 15 is 0 Å². The normalized spacial score (nSPS) is 8.82. The molecule has 11 heavy (non-hydrogen) atoms. The van der Waals surface area contributed by atoms with Crippen molar-refractivity contribution in [2.45, 2.75) is 19.8 Å². The highest BCUT2D eigenvalue weighted by molar-refractivity contribution is 6.26. The topological polar surface area (TPSA) is 58.0 Å². The molecule has 0 aromatic heterocycles. The summed E-state index contributed by atoms with van der Waals surface area (Å²) >= 11 is 0. The molecule has 1 N–H and O–H groups in total. The van der Waals surface area contributed by atoms with Crippen LogP contribution in [-0.4, -0.2) is 17.8 Å². The molecule has 0 saturated heterocycles. The van der Waals surface area contributed by atoms with E-state index in [0.717, 1.165) is 6.21 Å². The average Bonchev–Trinajstić information content (AvgIpc) is 1.99. The van der Waals surface area contributed by atoms with Gasteiger partial charge < -0.3 is 5.41 Å². The maximum absolute atomic E-state index is 10.6. The highest BCUT2D eigenvalue weighted by Crippen LogP contribution is 2.02. The molecule has 0 heterocycles. The summed E-state index contributed by atoms with van der Waals surface area (Å²) < 4.78 is 0. The van der Waals surface area contributed by atoms with Crippen molar-refractivity contribution in [3.05, 3.63) is 12.2 Å². The summed E-state index contributed by atoms with van der Waals surface area (Å²) in [7, 11) is 0. The van der Waals surface area contributed by atoms with Gasteiger partial charge in [-0.1, -0.05) is 6.58 Å². The van der Waals surface area contributed by atoms with Crippen LogP contribution in [0.3, 0.4) is 0 Å². The predicted molar refractivity (Wildman–Crippen MR) is 42.8 cm³/mol. The maximum atomic E-state index is 10.6. The van der Waals surface area contributed by atoms with E-state index in [1.807, 2.05) is 0 Å². The van der Waals surface area contributed by atoms with Crippen molar-refractivity contribution in [1.29, 1.82) is 5.41 Å². The minimum Gasteiger partial charge on any atom is -0.305 e. The lowest BCUT2D eigenvalue weighted by Crippen LogP contribution is -2.01. The molecule has 3 heteroatoms. The van der Waals surface area contributed by atoms with Gasteiger partial charge in [0.25, 0.3) is 0 Å². The summed E-state index contributed by atoms with van der Waals surface area (Å²) in [6, 6.07) is 0. The Balaban J connectivity index is 3.71. The molecular formula is C8H11NO2. The summed E-state index contributed by atoms with van der Waals surface area (Å²) in [6.07, 6.45) is 1.33. The van der Waals surface area contributed by atoms with Gasteiger partial charge in [-0.2, -0.15) is 0 Å². The smallest absolute Gasteiger partial charge is 0.173 e. The van der Waals surface area contributed by atoms with Gasteiger partial charge in [-0.25, -0.2) is 0 Å². The third-order valence-electron chi connectivity index (χ3n) is 1.33. The van der Waals surface area contributed by atoms with Crippen molar-refractivity contribution in [2.75, 3.05) is 0 Å². The van der Waals surface area contributed by atoms with E-state index in [9.17, 15) is 9.59 Å². The number of ketones is 2. The molecule has 3 nitrogen and oxygen atoms in total. The van der Waals surface area contributed by atoms with Crippen LogP contribution in [0.25, 0.3) is 0 Å². The minimum atomic E-state index is -0.271. The van der Waals surface area contributed by atoms with E-state index in [-0.39, 0.29) is 18.0 Å². The highest BCUT2D eigenvalue weighted by atomic mass is 16.1. The minimum absolute atomic E-state index is 0.0946. The number of carbonyl (C=O) groups excluding carboxylic acids is 2. The van der Waals surface area contributed by atoms with E-state index in [0.29, 0.717) is 12.0 Å². The Hall–Kier alpha value is -1.25. The largest absolute Gasteiger partial charge is 0.305 e. The molecule has 0 fully saturated rings. The standard InChI is InChI=1S/C8H11NO2/c1-6(7(2)10)3-4-8(11)5-9/h5,9H,1,3-4H2,2H3. The molecule has 0 unspecified atom stereocenters. The first-order valence-electron chi connectivity index (χ1n) is 3.30. The number of carbonyl (C=O) groups is 2. The summed E-state index contributed by atoms with van der Waals surface area (Å²) in [5.74, 6) is -0.366. The first-order valence-corrected chi connectivity index (χ1v) is 3.30. The van der Waals surface area contributed by atoms with Crippen LogP contribution in [0, 0.1) is 5.41 Å². The van der Waals surface area contributed by atoms with E-state index in [4.69, 9.17) is 5.41 Å². The van der Waals surface area contributed by atoms with Gasteiger partial charge in [0.2, 0.25) is 0 Å². The quantitative estimate of drug-likeness (QED) is 0.475. The van der Waals surface area contributed by atoms with Gasteiger partial charge in [0.15, 0.2) is 11.6 Å². The monoisotopic (exact) mass is 153 g/mol. The number of hydrogen-bond acceptors (Lipinski definition) is 3. The fraction of sp³-hybridized carbons (Fsp3) is 0.375. The van der Waals surface area contributed by atoms with E-state index in [1.54, 1.807) is 0 Å². The molecule has 0 aromatic carbocycles. The molecule has 0 atom stereocenters. The van der Waals surface area contributed by atoms with Crippen LogP contribution in [0.1, 0.15) is 19.8 Å². The van der Waals surface area contributed by atoms with Crippen molar-refractivity contribution in [3.63, 3.8) is 0 Å². The van der Waals surface area contributed by atoms with Crippen molar-refractivity contribution in [2.24, 2.45) is 0 Å². The Morgan fingerprint density at radius 1 is 1.45 bits per heavy atom. The SMILES string of the molecule is C=C(CCC(=O)C=N)C(C)=O. The van der Waals surface area contributed by atoms with Crippen molar-refractivity contribution in [3.8, 4) is 0 Å². The van der Waals surface area contributed by atoms with Gasteiger partial charge in [-0.3, -0.25) is 9.59 Å². The number of nitrogens with one attached hydrogen (secondary N) is 1. The Bertz CT molecular complexity index is 206. The number of Topliss-reactive ketones (excluding diaryl/α,β-unsaturated/α-hetero) is 2. The van der Waals surface area contributed by atoms with Crippen LogP contribution in [0.5, 0.6) is 0 Å². The maximum Gasteiger partial charge on any atom is 0.173 e.